The summed E-state index contributed by atoms with van der Waals surface area (Å²) in [5, 5.41) is 4.25. The van der Waals surface area contributed by atoms with Crippen LogP contribution in [0, 0.1) is 0 Å². The third-order valence-corrected chi connectivity index (χ3v) is 6.25. The van der Waals surface area contributed by atoms with Crippen LogP contribution in [0.3, 0.4) is 0 Å². The molecule has 162 valence electrons. The van der Waals surface area contributed by atoms with Gasteiger partial charge >= 0.3 is 0 Å². The third kappa shape index (κ3) is 7.86. The number of benzene rings is 2. The van der Waals surface area contributed by atoms with Crippen molar-refractivity contribution in [3.8, 4) is 0 Å². The van der Waals surface area contributed by atoms with Crippen molar-refractivity contribution in [3.05, 3.63) is 69.7 Å². The molecule has 0 aromatic heterocycles. The minimum Gasteiger partial charge on any atom is -0.352 e. The van der Waals surface area contributed by atoms with Gasteiger partial charge in [-0.15, -0.1) is 11.8 Å². The van der Waals surface area contributed by atoms with Crippen LogP contribution in [0.1, 0.15) is 38.3 Å². The van der Waals surface area contributed by atoms with E-state index in [1.54, 1.807) is 17.9 Å². The molecule has 7 heteroatoms. The van der Waals surface area contributed by atoms with Gasteiger partial charge in [0.2, 0.25) is 11.8 Å². The van der Waals surface area contributed by atoms with Gasteiger partial charge in [0.05, 0.1) is 5.75 Å². The number of carbonyl (C=O) groups is 2. The van der Waals surface area contributed by atoms with E-state index in [1.807, 2.05) is 56.3 Å². The molecule has 0 fully saturated rings. The molecule has 0 aliphatic rings. The summed E-state index contributed by atoms with van der Waals surface area (Å²) in [5.74, 6) is 0.701. The summed E-state index contributed by atoms with van der Waals surface area (Å²) in [4.78, 5) is 27.4. The molecule has 2 unspecified atom stereocenters. The lowest BCUT2D eigenvalue weighted by atomic mass is 10.1. The zero-order chi connectivity index (χ0) is 22.1. The summed E-state index contributed by atoms with van der Waals surface area (Å²) >= 11 is 13.6. The number of carbonyl (C=O) groups excluding carboxylic acids is 2. The maximum atomic E-state index is 13.1. The Bertz CT molecular complexity index is 863. The van der Waals surface area contributed by atoms with Crippen molar-refractivity contribution in [2.75, 3.05) is 5.75 Å². The SMILES string of the molecule is CCC(C)NC(=O)C(C)N(Cc1cccc(Cl)c1)C(=O)CSCc1cccc(Cl)c1. The van der Waals surface area contributed by atoms with Gasteiger partial charge in [-0.25, -0.2) is 0 Å². The Morgan fingerprint density at radius 1 is 1.03 bits per heavy atom. The normalized spacial score (nSPS) is 12.8. The highest BCUT2D eigenvalue weighted by molar-refractivity contribution is 7.99. The first kappa shape index (κ1) is 24.6. The van der Waals surface area contributed by atoms with E-state index in [0.29, 0.717) is 22.3 Å². The molecule has 2 aromatic carbocycles. The van der Waals surface area contributed by atoms with Crippen LogP contribution in [0.4, 0.5) is 0 Å². The Kier molecular flexibility index (Phi) is 10.0. The standard InChI is InChI=1S/C23H28Cl2N2O2S/c1-4-16(2)26-23(29)17(3)27(13-18-7-5-9-20(24)11-18)22(28)15-30-14-19-8-6-10-21(25)12-19/h5-12,16-17H,4,13-15H2,1-3H3,(H,26,29). The second-order valence-corrected chi connectivity index (χ2v) is 9.13. The van der Waals surface area contributed by atoms with Crippen molar-refractivity contribution in [2.24, 2.45) is 0 Å². The molecule has 0 spiro atoms. The van der Waals surface area contributed by atoms with Crippen LogP contribution in [0.25, 0.3) is 0 Å². The van der Waals surface area contributed by atoms with E-state index in [9.17, 15) is 9.59 Å². The van der Waals surface area contributed by atoms with Gasteiger partial charge in [-0.3, -0.25) is 9.59 Å². The van der Waals surface area contributed by atoms with E-state index < -0.39 is 6.04 Å². The highest BCUT2D eigenvalue weighted by Gasteiger charge is 2.26. The Morgan fingerprint density at radius 2 is 1.63 bits per heavy atom. The summed E-state index contributed by atoms with van der Waals surface area (Å²) in [6.07, 6.45) is 0.830. The lowest BCUT2D eigenvalue weighted by molar-refractivity contribution is -0.138. The van der Waals surface area contributed by atoms with Crippen LogP contribution in [-0.2, 0) is 21.9 Å². The fourth-order valence-electron chi connectivity index (χ4n) is 2.85. The monoisotopic (exact) mass is 466 g/mol. The minimum absolute atomic E-state index is 0.0558. The summed E-state index contributed by atoms with van der Waals surface area (Å²) in [6, 6.07) is 14.4. The first-order valence-corrected chi connectivity index (χ1v) is 11.9. The van der Waals surface area contributed by atoms with Crippen LogP contribution >= 0.6 is 35.0 Å². The lowest BCUT2D eigenvalue weighted by Gasteiger charge is -2.29. The fraction of sp³-hybridized carbons (Fsp3) is 0.391. The van der Waals surface area contributed by atoms with Gasteiger partial charge in [-0.05, 0) is 55.7 Å². The van der Waals surface area contributed by atoms with Crippen LogP contribution < -0.4 is 5.32 Å². The maximum Gasteiger partial charge on any atom is 0.242 e. The average molecular weight is 467 g/mol. The number of nitrogens with zero attached hydrogens (tertiary/aromatic N) is 1. The summed E-state index contributed by atoms with van der Waals surface area (Å²) in [5.41, 5.74) is 1.95. The topological polar surface area (TPSA) is 49.4 Å². The van der Waals surface area contributed by atoms with E-state index in [2.05, 4.69) is 5.32 Å². The Morgan fingerprint density at radius 3 is 2.23 bits per heavy atom. The van der Waals surface area contributed by atoms with Gasteiger partial charge in [0.15, 0.2) is 0 Å². The number of halogens is 2. The Balaban J connectivity index is 2.08. The molecule has 4 nitrogen and oxygen atoms in total. The zero-order valence-corrected chi connectivity index (χ0v) is 19.9. The molecule has 0 heterocycles. The molecule has 2 aromatic rings. The molecule has 2 atom stereocenters. The minimum atomic E-state index is -0.586. The van der Waals surface area contributed by atoms with E-state index in [4.69, 9.17) is 23.2 Å². The lowest BCUT2D eigenvalue weighted by Crippen LogP contribution is -2.50. The molecular formula is C23H28Cl2N2O2S. The molecule has 0 saturated heterocycles. The van der Waals surface area contributed by atoms with Gasteiger partial charge in [-0.1, -0.05) is 54.4 Å². The Hall–Kier alpha value is -1.69. The van der Waals surface area contributed by atoms with E-state index in [1.165, 1.54) is 11.8 Å². The van der Waals surface area contributed by atoms with Crippen LogP contribution in [0.15, 0.2) is 48.5 Å². The number of nitrogens with one attached hydrogen (secondary N) is 1. The molecule has 30 heavy (non-hydrogen) atoms. The van der Waals surface area contributed by atoms with Crippen molar-refractivity contribution in [3.63, 3.8) is 0 Å². The number of rotatable bonds is 10. The van der Waals surface area contributed by atoms with Gasteiger partial charge in [-0.2, -0.15) is 0 Å². The largest absolute Gasteiger partial charge is 0.352 e. The van der Waals surface area contributed by atoms with Crippen LogP contribution in [-0.4, -0.2) is 34.6 Å². The van der Waals surface area contributed by atoms with E-state index >= 15 is 0 Å². The molecule has 0 aliphatic carbocycles. The smallest absolute Gasteiger partial charge is 0.242 e. The quantitative estimate of drug-likeness (QED) is 0.498. The maximum absolute atomic E-state index is 13.1. The van der Waals surface area contributed by atoms with Gasteiger partial charge < -0.3 is 10.2 Å². The highest BCUT2D eigenvalue weighted by atomic mass is 35.5. The predicted molar refractivity (Wildman–Crippen MR) is 127 cm³/mol. The molecule has 0 saturated carbocycles. The number of thioether (sulfide) groups is 1. The third-order valence-electron chi connectivity index (χ3n) is 4.79. The molecule has 2 rings (SSSR count). The zero-order valence-electron chi connectivity index (χ0n) is 17.5. The predicted octanol–water partition coefficient (Wildman–Crippen LogP) is 5.56. The second kappa shape index (κ2) is 12.2. The fourth-order valence-corrected chi connectivity index (χ4v) is 4.13. The summed E-state index contributed by atoms with van der Waals surface area (Å²) < 4.78 is 0. The first-order valence-electron chi connectivity index (χ1n) is 9.96. The number of amides is 2. The van der Waals surface area contributed by atoms with Crippen LogP contribution in [0.2, 0.25) is 10.0 Å². The van der Waals surface area contributed by atoms with Gasteiger partial charge in [0.25, 0.3) is 0 Å². The van der Waals surface area contributed by atoms with E-state index in [-0.39, 0.29) is 23.6 Å². The first-order chi connectivity index (χ1) is 14.3. The van der Waals surface area contributed by atoms with Gasteiger partial charge in [0.1, 0.15) is 6.04 Å². The van der Waals surface area contributed by atoms with Crippen molar-refractivity contribution < 1.29 is 9.59 Å². The van der Waals surface area contributed by atoms with Crippen molar-refractivity contribution in [1.29, 1.82) is 0 Å². The summed E-state index contributed by atoms with van der Waals surface area (Å²) in [7, 11) is 0. The van der Waals surface area contributed by atoms with E-state index in [0.717, 1.165) is 17.5 Å². The molecule has 0 aliphatic heterocycles. The highest BCUT2D eigenvalue weighted by Crippen LogP contribution is 2.19. The van der Waals surface area contributed by atoms with Crippen LogP contribution in [0.5, 0.6) is 0 Å². The number of hydrogen-bond donors (Lipinski definition) is 1. The number of hydrogen-bond acceptors (Lipinski definition) is 3. The van der Waals surface area contributed by atoms with Crippen molar-refractivity contribution in [2.45, 2.75) is 51.6 Å². The molecule has 0 bridgehead atoms. The molecule has 0 radical (unpaired) electrons. The van der Waals surface area contributed by atoms with Crippen molar-refractivity contribution in [1.82, 2.24) is 10.2 Å². The molecule has 1 N–H and O–H groups in total. The Labute approximate surface area is 193 Å². The molecular weight excluding hydrogens is 439 g/mol. The van der Waals surface area contributed by atoms with Gasteiger partial charge in [0, 0.05) is 28.4 Å². The second-order valence-electron chi connectivity index (χ2n) is 7.27. The molecule has 2 amide bonds. The van der Waals surface area contributed by atoms with Crippen molar-refractivity contribution >= 4 is 46.8 Å². The summed E-state index contributed by atoms with van der Waals surface area (Å²) in [6.45, 7) is 6.06. The average Bonchev–Trinajstić information content (AvgIpc) is 2.71.